The number of hydrogen-bond acceptors (Lipinski definition) is 4. The van der Waals surface area contributed by atoms with E-state index in [4.69, 9.17) is 21.7 Å². The van der Waals surface area contributed by atoms with Crippen molar-refractivity contribution in [2.24, 2.45) is 0 Å². The van der Waals surface area contributed by atoms with Gasteiger partial charge in [-0.25, -0.2) is 4.79 Å². The predicted octanol–water partition coefficient (Wildman–Crippen LogP) is 3.16. The van der Waals surface area contributed by atoms with Gasteiger partial charge < -0.3 is 19.7 Å². The second-order valence-electron chi connectivity index (χ2n) is 5.31. The highest BCUT2D eigenvalue weighted by atomic mass is 79.9. The van der Waals surface area contributed by atoms with E-state index in [-0.39, 0.29) is 18.6 Å². The summed E-state index contributed by atoms with van der Waals surface area (Å²) < 4.78 is 11.3. The van der Waals surface area contributed by atoms with Gasteiger partial charge in [-0.05, 0) is 43.8 Å². The summed E-state index contributed by atoms with van der Waals surface area (Å²) in [4.78, 5) is 14.5. The number of thiocarbonyl (C=S) groups is 1. The lowest BCUT2D eigenvalue weighted by atomic mass is 9.95. The Balaban J connectivity index is 2.39. The SMILES string of the molecule is CCN1C(=S)NC(c2ccc(Br)cc2)C(C(=O)OCCOC)=C1C. The molecule has 1 unspecified atom stereocenters. The molecule has 1 aromatic carbocycles. The minimum atomic E-state index is -0.356. The van der Waals surface area contributed by atoms with Crippen LogP contribution >= 0.6 is 28.1 Å². The molecule has 1 aliphatic rings. The van der Waals surface area contributed by atoms with E-state index in [1.807, 2.05) is 43.0 Å². The summed E-state index contributed by atoms with van der Waals surface area (Å²) in [5.41, 5.74) is 2.34. The van der Waals surface area contributed by atoms with E-state index in [1.165, 1.54) is 0 Å². The van der Waals surface area contributed by atoms with E-state index < -0.39 is 0 Å². The van der Waals surface area contributed by atoms with Gasteiger partial charge in [0.1, 0.15) is 6.61 Å². The lowest BCUT2D eigenvalue weighted by molar-refractivity contribution is -0.140. The molecule has 24 heavy (non-hydrogen) atoms. The van der Waals surface area contributed by atoms with Gasteiger partial charge in [-0.1, -0.05) is 28.1 Å². The summed E-state index contributed by atoms with van der Waals surface area (Å²) in [6.45, 7) is 5.15. The van der Waals surface area contributed by atoms with E-state index in [1.54, 1.807) is 7.11 Å². The first-order chi connectivity index (χ1) is 11.5. The third-order valence-electron chi connectivity index (χ3n) is 3.86. The van der Waals surface area contributed by atoms with E-state index in [2.05, 4.69) is 21.2 Å². The quantitative estimate of drug-likeness (QED) is 0.439. The maximum Gasteiger partial charge on any atom is 0.338 e. The molecule has 2 rings (SSSR count). The molecule has 0 aromatic heterocycles. The van der Waals surface area contributed by atoms with Crippen molar-refractivity contribution in [2.75, 3.05) is 26.9 Å². The van der Waals surface area contributed by atoms with Gasteiger partial charge >= 0.3 is 5.97 Å². The molecule has 0 amide bonds. The maximum absolute atomic E-state index is 12.6. The number of carbonyl (C=O) groups is 1. The standard InChI is InChI=1S/C17H21BrN2O3S/c1-4-20-11(2)14(16(21)23-10-9-22-3)15(19-17(20)24)12-5-7-13(18)8-6-12/h5-8,15H,4,9-10H2,1-3H3,(H,19,24). The van der Waals surface area contributed by atoms with Gasteiger partial charge in [0.15, 0.2) is 5.11 Å². The monoisotopic (exact) mass is 412 g/mol. The largest absolute Gasteiger partial charge is 0.460 e. The fraction of sp³-hybridized carbons (Fsp3) is 0.412. The average Bonchev–Trinajstić information content (AvgIpc) is 2.55. The molecule has 130 valence electrons. The highest BCUT2D eigenvalue weighted by Crippen LogP contribution is 2.31. The maximum atomic E-state index is 12.6. The van der Waals surface area contributed by atoms with Gasteiger partial charge in [0.05, 0.1) is 18.2 Å². The number of rotatable bonds is 6. The zero-order valence-electron chi connectivity index (χ0n) is 14.0. The highest BCUT2D eigenvalue weighted by Gasteiger charge is 2.34. The number of nitrogens with zero attached hydrogens (tertiary/aromatic N) is 1. The number of allylic oxidation sites excluding steroid dienone is 1. The van der Waals surface area contributed by atoms with Crippen molar-refractivity contribution in [3.05, 3.63) is 45.6 Å². The van der Waals surface area contributed by atoms with Crippen LogP contribution in [-0.2, 0) is 14.3 Å². The second kappa shape index (κ2) is 8.60. The zero-order valence-corrected chi connectivity index (χ0v) is 16.4. The number of carbonyl (C=O) groups excluding carboxylic acids is 1. The van der Waals surface area contributed by atoms with Crippen molar-refractivity contribution in [1.82, 2.24) is 10.2 Å². The minimum Gasteiger partial charge on any atom is -0.460 e. The summed E-state index contributed by atoms with van der Waals surface area (Å²) in [7, 11) is 1.57. The van der Waals surface area contributed by atoms with Crippen LogP contribution in [0.2, 0.25) is 0 Å². The van der Waals surface area contributed by atoms with Crippen LogP contribution in [0.5, 0.6) is 0 Å². The van der Waals surface area contributed by atoms with E-state index in [9.17, 15) is 4.79 Å². The normalized spacial score (nSPS) is 17.8. The van der Waals surface area contributed by atoms with E-state index >= 15 is 0 Å². The number of nitrogens with one attached hydrogen (secondary N) is 1. The lowest BCUT2D eigenvalue weighted by Crippen LogP contribution is -2.47. The van der Waals surface area contributed by atoms with Crippen LogP contribution < -0.4 is 5.32 Å². The van der Waals surface area contributed by atoms with Gasteiger partial charge in [-0.2, -0.15) is 0 Å². The molecule has 5 nitrogen and oxygen atoms in total. The van der Waals surface area contributed by atoms with Gasteiger partial charge in [-0.15, -0.1) is 0 Å². The van der Waals surface area contributed by atoms with E-state index in [0.29, 0.717) is 23.8 Å². The Morgan fingerprint density at radius 1 is 1.33 bits per heavy atom. The van der Waals surface area contributed by atoms with Crippen LogP contribution in [0.1, 0.15) is 25.5 Å². The second-order valence-corrected chi connectivity index (χ2v) is 6.61. The molecule has 7 heteroatoms. The first-order valence-corrected chi connectivity index (χ1v) is 8.90. The van der Waals surface area contributed by atoms with Crippen LogP contribution in [0.3, 0.4) is 0 Å². The fourth-order valence-electron chi connectivity index (χ4n) is 2.63. The van der Waals surface area contributed by atoms with Gasteiger partial charge in [0.2, 0.25) is 0 Å². The first-order valence-electron chi connectivity index (χ1n) is 7.69. The topological polar surface area (TPSA) is 50.8 Å². The molecule has 1 atom stereocenters. The molecule has 0 saturated heterocycles. The third-order valence-corrected chi connectivity index (χ3v) is 4.72. The third kappa shape index (κ3) is 4.15. The molecule has 1 N–H and O–H groups in total. The highest BCUT2D eigenvalue weighted by molar-refractivity contribution is 9.10. The smallest absolute Gasteiger partial charge is 0.338 e. The predicted molar refractivity (Wildman–Crippen MR) is 101 cm³/mol. The Morgan fingerprint density at radius 3 is 2.58 bits per heavy atom. The molecule has 1 heterocycles. The number of halogens is 1. The van der Waals surface area contributed by atoms with Crippen LogP contribution in [0.4, 0.5) is 0 Å². The summed E-state index contributed by atoms with van der Waals surface area (Å²) in [6.07, 6.45) is 0. The van der Waals surface area contributed by atoms with Crippen molar-refractivity contribution < 1.29 is 14.3 Å². The Bertz CT molecular complexity index is 646. The molecule has 0 bridgehead atoms. The van der Waals surface area contributed by atoms with Crippen LogP contribution in [0.25, 0.3) is 0 Å². The molecule has 1 aliphatic heterocycles. The van der Waals surface area contributed by atoms with Crippen LogP contribution in [-0.4, -0.2) is 42.8 Å². The number of hydrogen-bond donors (Lipinski definition) is 1. The van der Waals surface area contributed by atoms with Crippen molar-refractivity contribution in [3.8, 4) is 0 Å². The number of esters is 1. The zero-order chi connectivity index (χ0) is 17.7. The van der Waals surface area contributed by atoms with Crippen molar-refractivity contribution in [2.45, 2.75) is 19.9 Å². The van der Waals surface area contributed by atoms with Crippen molar-refractivity contribution in [1.29, 1.82) is 0 Å². The molecule has 0 spiro atoms. The minimum absolute atomic E-state index is 0.218. The van der Waals surface area contributed by atoms with Crippen LogP contribution in [0.15, 0.2) is 40.0 Å². The van der Waals surface area contributed by atoms with Gasteiger partial charge in [-0.3, -0.25) is 0 Å². The summed E-state index contributed by atoms with van der Waals surface area (Å²) in [5, 5.41) is 3.86. The van der Waals surface area contributed by atoms with Crippen molar-refractivity contribution >= 4 is 39.2 Å². The molecular weight excluding hydrogens is 392 g/mol. The molecule has 0 aliphatic carbocycles. The van der Waals surface area contributed by atoms with Gasteiger partial charge in [0, 0.05) is 23.8 Å². The number of methoxy groups -OCH3 is 1. The summed E-state index contributed by atoms with van der Waals surface area (Å²) in [6, 6.07) is 7.47. The first kappa shape index (κ1) is 18.9. The summed E-state index contributed by atoms with van der Waals surface area (Å²) in [5.74, 6) is -0.356. The Kier molecular flexibility index (Phi) is 6.77. The lowest BCUT2D eigenvalue weighted by Gasteiger charge is -2.37. The Labute approximate surface area is 156 Å². The Morgan fingerprint density at radius 2 is 2.00 bits per heavy atom. The molecular formula is C17H21BrN2O3S. The molecule has 1 aromatic rings. The van der Waals surface area contributed by atoms with Gasteiger partial charge in [0.25, 0.3) is 0 Å². The summed E-state index contributed by atoms with van der Waals surface area (Å²) >= 11 is 8.88. The Hall–Kier alpha value is -1.44. The van der Waals surface area contributed by atoms with Crippen LogP contribution in [0, 0.1) is 0 Å². The fourth-order valence-corrected chi connectivity index (χ4v) is 3.28. The molecule has 0 saturated carbocycles. The van der Waals surface area contributed by atoms with E-state index in [0.717, 1.165) is 15.7 Å². The van der Waals surface area contributed by atoms with Crippen molar-refractivity contribution in [3.63, 3.8) is 0 Å². The molecule has 0 radical (unpaired) electrons. The number of benzene rings is 1. The average molecular weight is 413 g/mol. The number of ether oxygens (including phenoxy) is 2. The molecule has 0 fully saturated rings.